The van der Waals surface area contributed by atoms with Crippen LogP contribution in [0.2, 0.25) is 0 Å². The van der Waals surface area contributed by atoms with Crippen LogP contribution < -0.4 is 15.0 Å². The van der Waals surface area contributed by atoms with Crippen LogP contribution in [0.1, 0.15) is 11.4 Å². The number of ether oxygens (including phenoxy) is 2. The molecule has 0 radical (unpaired) electrons. The Morgan fingerprint density at radius 2 is 1.92 bits per heavy atom. The highest BCUT2D eigenvalue weighted by atomic mass is 19.3. The van der Waals surface area contributed by atoms with Gasteiger partial charge in [0.05, 0.1) is 18.0 Å². The van der Waals surface area contributed by atoms with Crippen molar-refractivity contribution in [1.82, 2.24) is 9.97 Å². The summed E-state index contributed by atoms with van der Waals surface area (Å²) in [5.74, 6) is 0.518. The Bertz CT molecular complexity index is 983. The van der Waals surface area contributed by atoms with Crippen LogP contribution >= 0.6 is 0 Å². The fourth-order valence-electron chi connectivity index (χ4n) is 2.34. The van der Waals surface area contributed by atoms with E-state index in [1.54, 1.807) is 48.6 Å². The van der Waals surface area contributed by atoms with Gasteiger partial charge in [-0.1, -0.05) is 24.3 Å². The summed E-state index contributed by atoms with van der Waals surface area (Å²) in [4.78, 5) is 19.1. The summed E-state index contributed by atoms with van der Waals surface area (Å²) in [6, 6.07) is 11.5. The molecular formula is C18H14F2N2O3. The van der Waals surface area contributed by atoms with Crippen LogP contribution in [0.5, 0.6) is 11.5 Å². The number of aromatic amines is 1. The van der Waals surface area contributed by atoms with Crippen LogP contribution in [0.4, 0.5) is 8.78 Å². The van der Waals surface area contributed by atoms with E-state index in [4.69, 9.17) is 4.74 Å². The van der Waals surface area contributed by atoms with Crippen molar-refractivity contribution in [3.63, 3.8) is 0 Å². The normalized spacial score (nSPS) is 11.4. The SMILES string of the molecule is COc1cc(C=Cc2nc3ccccc3c(=O)[nH]2)ccc1OC(F)F. The monoisotopic (exact) mass is 344 g/mol. The third kappa shape index (κ3) is 3.82. The highest BCUT2D eigenvalue weighted by Crippen LogP contribution is 2.30. The zero-order valence-corrected chi connectivity index (χ0v) is 13.2. The van der Waals surface area contributed by atoms with E-state index >= 15 is 0 Å². The van der Waals surface area contributed by atoms with Crippen molar-refractivity contribution in [1.29, 1.82) is 0 Å². The predicted octanol–water partition coefficient (Wildman–Crippen LogP) is 3.70. The van der Waals surface area contributed by atoms with Gasteiger partial charge in [-0.3, -0.25) is 4.79 Å². The Morgan fingerprint density at radius 1 is 1.12 bits per heavy atom. The molecule has 0 unspecified atom stereocenters. The summed E-state index contributed by atoms with van der Waals surface area (Å²) in [5.41, 5.74) is 1.03. The number of halogens is 2. The molecule has 7 heteroatoms. The first kappa shape index (κ1) is 16.6. The summed E-state index contributed by atoms with van der Waals surface area (Å²) in [7, 11) is 1.36. The van der Waals surface area contributed by atoms with Crippen molar-refractivity contribution in [3.05, 3.63) is 64.2 Å². The number of H-pyrrole nitrogens is 1. The molecule has 0 amide bonds. The number of nitrogens with one attached hydrogen (secondary N) is 1. The summed E-state index contributed by atoms with van der Waals surface area (Å²) < 4.78 is 34.1. The van der Waals surface area contributed by atoms with Crippen molar-refractivity contribution < 1.29 is 18.3 Å². The van der Waals surface area contributed by atoms with Crippen LogP contribution in [0.15, 0.2) is 47.3 Å². The molecule has 128 valence electrons. The fraction of sp³-hybridized carbons (Fsp3) is 0.111. The second-order valence-electron chi connectivity index (χ2n) is 5.09. The minimum Gasteiger partial charge on any atom is -0.493 e. The molecule has 0 bridgehead atoms. The second-order valence-corrected chi connectivity index (χ2v) is 5.09. The maximum absolute atomic E-state index is 12.3. The van der Waals surface area contributed by atoms with Gasteiger partial charge < -0.3 is 14.5 Å². The highest BCUT2D eigenvalue weighted by Gasteiger charge is 2.10. The Balaban J connectivity index is 1.90. The third-order valence-electron chi connectivity index (χ3n) is 3.47. The van der Waals surface area contributed by atoms with Gasteiger partial charge in [-0.2, -0.15) is 8.78 Å². The number of methoxy groups -OCH3 is 1. The van der Waals surface area contributed by atoms with Gasteiger partial charge in [0, 0.05) is 0 Å². The Labute approximate surface area is 141 Å². The average Bonchev–Trinajstić information content (AvgIpc) is 2.60. The van der Waals surface area contributed by atoms with Crippen LogP contribution in [0.25, 0.3) is 23.1 Å². The predicted molar refractivity (Wildman–Crippen MR) is 90.9 cm³/mol. The molecule has 3 rings (SSSR count). The van der Waals surface area contributed by atoms with E-state index in [-0.39, 0.29) is 17.1 Å². The maximum Gasteiger partial charge on any atom is 0.387 e. The molecule has 1 N–H and O–H groups in total. The zero-order valence-electron chi connectivity index (χ0n) is 13.2. The number of benzene rings is 2. The highest BCUT2D eigenvalue weighted by molar-refractivity contribution is 5.79. The van der Waals surface area contributed by atoms with Crippen molar-refractivity contribution in [2.24, 2.45) is 0 Å². The van der Waals surface area contributed by atoms with Crippen molar-refractivity contribution in [2.45, 2.75) is 6.61 Å². The van der Waals surface area contributed by atoms with Gasteiger partial charge in [0.1, 0.15) is 5.82 Å². The van der Waals surface area contributed by atoms with E-state index in [2.05, 4.69) is 14.7 Å². The van der Waals surface area contributed by atoms with E-state index in [0.29, 0.717) is 22.3 Å². The Morgan fingerprint density at radius 3 is 2.68 bits per heavy atom. The minimum absolute atomic E-state index is 0.0492. The Kier molecular flexibility index (Phi) is 4.74. The quantitative estimate of drug-likeness (QED) is 0.766. The number of para-hydroxylation sites is 1. The molecule has 0 spiro atoms. The number of nitrogens with zero attached hydrogens (tertiary/aromatic N) is 1. The summed E-state index contributed by atoms with van der Waals surface area (Å²) in [6.45, 7) is -2.93. The lowest BCUT2D eigenvalue weighted by atomic mass is 10.2. The fourth-order valence-corrected chi connectivity index (χ4v) is 2.34. The van der Waals surface area contributed by atoms with Crippen LogP contribution in [0, 0.1) is 0 Å². The molecule has 0 aliphatic carbocycles. The Hall–Kier alpha value is -3.22. The molecule has 2 aromatic carbocycles. The molecule has 0 saturated carbocycles. The van der Waals surface area contributed by atoms with Gasteiger partial charge in [0.15, 0.2) is 11.5 Å². The largest absolute Gasteiger partial charge is 0.493 e. The standard InChI is InChI=1S/C18H14F2N2O3/c1-24-15-10-11(6-8-14(15)25-18(19)20)7-9-16-21-13-5-3-2-4-12(13)17(23)22-16/h2-10,18H,1H3,(H,21,22,23). The summed E-state index contributed by atoms with van der Waals surface area (Å²) in [5, 5.41) is 0.509. The first-order chi connectivity index (χ1) is 12.1. The molecular weight excluding hydrogens is 330 g/mol. The number of hydrogen-bond donors (Lipinski definition) is 1. The van der Waals surface area contributed by atoms with Gasteiger partial charge in [-0.05, 0) is 35.9 Å². The molecule has 1 aromatic heterocycles. The maximum atomic E-state index is 12.3. The van der Waals surface area contributed by atoms with Gasteiger partial charge in [0.2, 0.25) is 0 Å². The molecule has 0 fully saturated rings. The average molecular weight is 344 g/mol. The van der Waals surface area contributed by atoms with Crippen molar-refractivity contribution in [3.8, 4) is 11.5 Å². The van der Waals surface area contributed by atoms with Crippen LogP contribution in [0.3, 0.4) is 0 Å². The van der Waals surface area contributed by atoms with Crippen molar-refractivity contribution >= 4 is 23.1 Å². The first-order valence-corrected chi connectivity index (χ1v) is 7.37. The zero-order chi connectivity index (χ0) is 17.8. The van der Waals surface area contributed by atoms with Crippen molar-refractivity contribution in [2.75, 3.05) is 7.11 Å². The first-order valence-electron chi connectivity index (χ1n) is 7.37. The summed E-state index contributed by atoms with van der Waals surface area (Å²) in [6.07, 6.45) is 3.30. The van der Waals surface area contributed by atoms with E-state index < -0.39 is 6.61 Å². The number of hydrogen-bond acceptors (Lipinski definition) is 4. The molecule has 25 heavy (non-hydrogen) atoms. The number of alkyl halides is 2. The van der Waals surface area contributed by atoms with Gasteiger partial charge in [-0.15, -0.1) is 0 Å². The van der Waals surface area contributed by atoms with Crippen LogP contribution in [-0.2, 0) is 0 Å². The van der Waals surface area contributed by atoms with E-state index in [0.717, 1.165) is 0 Å². The van der Waals surface area contributed by atoms with Gasteiger partial charge in [-0.25, -0.2) is 4.98 Å². The smallest absolute Gasteiger partial charge is 0.387 e. The van der Waals surface area contributed by atoms with Gasteiger partial charge in [0.25, 0.3) is 5.56 Å². The molecule has 0 saturated heterocycles. The number of fused-ring (bicyclic) bond motifs is 1. The van der Waals surface area contributed by atoms with E-state index in [1.807, 2.05) is 0 Å². The van der Waals surface area contributed by atoms with E-state index in [9.17, 15) is 13.6 Å². The number of rotatable bonds is 5. The lowest BCUT2D eigenvalue weighted by Crippen LogP contribution is -2.09. The molecule has 5 nitrogen and oxygen atoms in total. The minimum atomic E-state index is -2.93. The molecule has 3 aromatic rings. The third-order valence-corrected chi connectivity index (χ3v) is 3.47. The van der Waals surface area contributed by atoms with E-state index in [1.165, 1.54) is 13.2 Å². The second kappa shape index (κ2) is 7.12. The topological polar surface area (TPSA) is 64.2 Å². The summed E-state index contributed by atoms with van der Waals surface area (Å²) >= 11 is 0. The molecule has 0 aliphatic rings. The number of aromatic nitrogens is 2. The van der Waals surface area contributed by atoms with Crippen LogP contribution in [-0.4, -0.2) is 23.7 Å². The van der Waals surface area contributed by atoms with Gasteiger partial charge >= 0.3 is 6.61 Å². The molecule has 1 heterocycles. The lowest BCUT2D eigenvalue weighted by Gasteiger charge is -2.10. The molecule has 0 aliphatic heterocycles. The molecule has 0 atom stereocenters. The lowest BCUT2D eigenvalue weighted by molar-refractivity contribution is -0.0512.